The highest BCUT2D eigenvalue weighted by Gasteiger charge is 2.32. The number of piperazine rings is 1. The predicted molar refractivity (Wildman–Crippen MR) is 125 cm³/mol. The summed E-state index contributed by atoms with van der Waals surface area (Å²) in [6.07, 6.45) is -2.43. The molecule has 0 unspecified atom stereocenters. The number of anilines is 4. The minimum Gasteiger partial charge on any atom is -0.402 e. The summed E-state index contributed by atoms with van der Waals surface area (Å²) in [7, 11) is 2.07. The molecule has 1 aliphatic heterocycles. The maximum absolute atomic E-state index is 13.0. The van der Waals surface area contributed by atoms with E-state index >= 15 is 0 Å². The van der Waals surface area contributed by atoms with Crippen molar-refractivity contribution in [1.82, 2.24) is 14.9 Å². The van der Waals surface area contributed by atoms with Crippen molar-refractivity contribution in [2.24, 2.45) is 0 Å². The van der Waals surface area contributed by atoms with Gasteiger partial charge >= 0.3 is 6.36 Å². The standard InChI is InChI=1S/C23H23F3N6O3/c1-31-11-13-32(14-12-31)16-6-4-15(5-7-16)29-22(34)19-17(8-10-28-21(19)33)30-20-18(3-2-9-27-20)35-23(24,25)26/h2-10H,11-14H2,1H3,(H,29,34)(H2,27,28,30,33). The Balaban J connectivity index is 1.52. The number of nitrogens with one attached hydrogen (secondary N) is 3. The Bertz CT molecular complexity index is 1240. The van der Waals surface area contributed by atoms with Crippen LogP contribution in [0.5, 0.6) is 5.75 Å². The van der Waals surface area contributed by atoms with Crippen LogP contribution in [-0.4, -0.2) is 60.4 Å². The third kappa shape index (κ3) is 6.09. The van der Waals surface area contributed by atoms with Gasteiger partial charge in [0.25, 0.3) is 11.5 Å². The molecule has 4 rings (SSSR count). The van der Waals surface area contributed by atoms with E-state index in [1.165, 1.54) is 24.5 Å². The molecule has 1 fully saturated rings. The molecule has 35 heavy (non-hydrogen) atoms. The molecule has 1 aromatic carbocycles. The topological polar surface area (TPSA) is 103 Å². The first-order valence-corrected chi connectivity index (χ1v) is 10.7. The molecule has 0 bridgehead atoms. The summed E-state index contributed by atoms with van der Waals surface area (Å²) in [6, 6.07) is 10.9. The van der Waals surface area contributed by atoms with Crippen molar-refractivity contribution in [3.05, 3.63) is 70.8 Å². The highest BCUT2D eigenvalue weighted by Crippen LogP contribution is 2.31. The van der Waals surface area contributed by atoms with Crippen molar-refractivity contribution in [2.75, 3.05) is 48.8 Å². The van der Waals surface area contributed by atoms with Crippen molar-refractivity contribution >= 4 is 28.8 Å². The molecule has 9 nitrogen and oxygen atoms in total. The first-order chi connectivity index (χ1) is 16.7. The number of benzene rings is 1. The van der Waals surface area contributed by atoms with E-state index in [4.69, 9.17) is 0 Å². The van der Waals surface area contributed by atoms with Crippen molar-refractivity contribution in [2.45, 2.75) is 6.36 Å². The third-order valence-electron chi connectivity index (χ3n) is 5.43. The van der Waals surface area contributed by atoms with Crippen molar-refractivity contribution in [3.8, 4) is 5.75 Å². The second kappa shape index (κ2) is 10.1. The van der Waals surface area contributed by atoms with E-state index in [0.29, 0.717) is 5.69 Å². The molecule has 0 aliphatic carbocycles. The van der Waals surface area contributed by atoms with Crippen molar-refractivity contribution in [1.29, 1.82) is 0 Å². The zero-order valence-electron chi connectivity index (χ0n) is 18.7. The lowest BCUT2D eigenvalue weighted by molar-refractivity contribution is -0.274. The Morgan fingerprint density at radius 3 is 2.49 bits per heavy atom. The highest BCUT2D eigenvalue weighted by atomic mass is 19.4. The monoisotopic (exact) mass is 488 g/mol. The summed E-state index contributed by atoms with van der Waals surface area (Å²) in [5.74, 6) is -1.65. The van der Waals surface area contributed by atoms with Crippen LogP contribution < -0.4 is 25.8 Å². The second-order valence-electron chi connectivity index (χ2n) is 7.91. The molecule has 1 amide bonds. The first kappa shape index (κ1) is 24.1. The molecule has 1 saturated heterocycles. The van der Waals surface area contributed by atoms with Gasteiger partial charge in [-0.15, -0.1) is 13.2 Å². The van der Waals surface area contributed by atoms with Crippen LogP contribution in [0.2, 0.25) is 0 Å². The molecule has 12 heteroatoms. The molecule has 3 heterocycles. The van der Waals surface area contributed by atoms with E-state index in [-0.39, 0.29) is 17.1 Å². The number of carbonyl (C=O) groups is 1. The lowest BCUT2D eigenvalue weighted by Gasteiger charge is -2.34. The van der Waals surface area contributed by atoms with Crippen LogP contribution in [0.25, 0.3) is 0 Å². The minimum atomic E-state index is -4.94. The summed E-state index contributed by atoms with van der Waals surface area (Å²) in [4.78, 5) is 36.2. The molecular weight excluding hydrogens is 465 g/mol. The number of pyridine rings is 2. The zero-order valence-corrected chi connectivity index (χ0v) is 18.7. The average molecular weight is 488 g/mol. The number of halogens is 3. The number of amides is 1. The third-order valence-corrected chi connectivity index (χ3v) is 5.43. The molecule has 0 saturated carbocycles. The number of aromatic nitrogens is 2. The van der Waals surface area contributed by atoms with Crippen LogP contribution >= 0.6 is 0 Å². The van der Waals surface area contributed by atoms with Crippen molar-refractivity contribution in [3.63, 3.8) is 0 Å². The maximum atomic E-state index is 13.0. The van der Waals surface area contributed by atoms with E-state index in [9.17, 15) is 22.8 Å². The van der Waals surface area contributed by atoms with E-state index < -0.39 is 23.6 Å². The summed E-state index contributed by atoms with van der Waals surface area (Å²) in [5, 5.41) is 5.26. The number of hydrogen-bond acceptors (Lipinski definition) is 7. The fourth-order valence-electron chi connectivity index (χ4n) is 3.64. The van der Waals surface area contributed by atoms with Gasteiger partial charge in [0.15, 0.2) is 11.6 Å². The van der Waals surface area contributed by atoms with Crippen molar-refractivity contribution < 1.29 is 22.7 Å². The van der Waals surface area contributed by atoms with Gasteiger partial charge in [-0.25, -0.2) is 4.98 Å². The average Bonchev–Trinajstić information content (AvgIpc) is 2.80. The zero-order chi connectivity index (χ0) is 25.0. The Labute approximate surface area is 198 Å². The quantitative estimate of drug-likeness (QED) is 0.489. The minimum absolute atomic E-state index is 0.0361. The van der Waals surface area contributed by atoms with Gasteiger partial charge in [0.05, 0.1) is 5.69 Å². The van der Waals surface area contributed by atoms with Crippen LogP contribution in [0.1, 0.15) is 10.4 Å². The molecular formula is C23H23F3N6O3. The molecule has 0 atom stereocenters. The Morgan fingerprint density at radius 2 is 1.80 bits per heavy atom. The molecule has 184 valence electrons. The van der Waals surface area contributed by atoms with Gasteiger partial charge in [0.2, 0.25) is 0 Å². The number of alkyl halides is 3. The summed E-state index contributed by atoms with van der Waals surface area (Å²) >= 11 is 0. The van der Waals surface area contributed by atoms with Crippen LogP contribution in [-0.2, 0) is 0 Å². The Hall–Kier alpha value is -4.06. The predicted octanol–water partition coefficient (Wildman–Crippen LogP) is 3.42. The number of rotatable bonds is 6. The fourth-order valence-corrected chi connectivity index (χ4v) is 3.64. The van der Waals surface area contributed by atoms with E-state index in [2.05, 4.69) is 42.2 Å². The van der Waals surface area contributed by atoms with E-state index in [1.807, 2.05) is 12.1 Å². The number of nitrogens with zero attached hydrogens (tertiary/aromatic N) is 3. The molecule has 3 N–H and O–H groups in total. The summed E-state index contributed by atoms with van der Waals surface area (Å²) in [6.45, 7) is 3.70. The Kier molecular flexibility index (Phi) is 6.92. The smallest absolute Gasteiger partial charge is 0.402 e. The normalized spacial score (nSPS) is 14.5. The lowest BCUT2D eigenvalue weighted by Crippen LogP contribution is -2.44. The number of carbonyl (C=O) groups excluding carboxylic acids is 1. The SMILES string of the molecule is CN1CCN(c2ccc(NC(=O)c3c(Nc4ncccc4OC(F)(F)F)cc[nH]c3=O)cc2)CC1. The van der Waals surface area contributed by atoms with Gasteiger partial charge in [-0.3, -0.25) is 9.59 Å². The van der Waals surface area contributed by atoms with Gasteiger partial charge in [-0.05, 0) is 49.5 Å². The van der Waals surface area contributed by atoms with Gasteiger partial charge in [-0.2, -0.15) is 0 Å². The molecule has 0 radical (unpaired) electrons. The van der Waals surface area contributed by atoms with Gasteiger partial charge in [-0.1, -0.05) is 0 Å². The van der Waals surface area contributed by atoms with Crippen LogP contribution in [0.15, 0.2) is 59.7 Å². The molecule has 0 spiro atoms. The Morgan fingerprint density at radius 1 is 1.09 bits per heavy atom. The molecule has 3 aromatic rings. The van der Waals surface area contributed by atoms with Crippen LogP contribution in [0.3, 0.4) is 0 Å². The number of hydrogen-bond donors (Lipinski definition) is 3. The van der Waals surface area contributed by atoms with Crippen LogP contribution in [0, 0.1) is 0 Å². The van der Waals surface area contributed by atoms with Gasteiger partial charge < -0.3 is 30.2 Å². The largest absolute Gasteiger partial charge is 0.573 e. The number of aromatic amines is 1. The first-order valence-electron chi connectivity index (χ1n) is 10.7. The summed E-state index contributed by atoms with van der Waals surface area (Å²) in [5.41, 5.74) is 0.394. The summed E-state index contributed by atoms with van der Waals surface area (Å²) < 4.78 is 42.2. The fraction of sp³-hybridized carbons (Fsp3) is 0.261. The molecule has 2 aromatic heterocycles. The van der Waals surface area contributed by atoms with E-state index in [1.54, 1.807) is 12.1 Å². The second-order valence-corrected chi connectivity index (χ2v) is 7.91. The van der Waals surface area contributed by atoms with Crippen LogP contribution in [0.4, 0.5) is 36.1 Å². The van der Waals surface area contributed by atoms with Gasteiger partial charge in [0, 0.05) is 49.9 Å². The van der Waals surface area contributed by atoms with E-state index in [0.717, 1.165) is 37.9 Å². The highest BCUT2D eigenvalue weighted by molar-refractivity contribution is 6.08. The number of likely N-dealkylation sites (N-methyl/N-ethyl adjacent to an activating group) is 1. The maximum Gasteiger partial charge on any atom is 0.573 e. The number of H-pyrrole nitrogens is 1. The lowest BCUT2D eigenvalue weighted by atomic mass is 10.2. The number of ether oxygens (including phenoxy) is 1. The van der Waals surface area contributed by atoms with Gasteiger partial charge in [0.1, 0.15) is 5.56 Å². The molecule has 1 aliphatic rings.